The summed E-state index contributed by atoms with van der Waals surface area (Å²) in [5.74, 6) is 0.695. The van der Waals surface area contributed by atoms with Gasteiger partial charge in [0.15, 0.2) is 0 Å². The Morgan fingerprint density at radius 1 is 1.25 bits per heavy atom. The van der Waals surface area contributed by atoms with Crippen molar-refractivity contribution < 1.29 is 4.74 Å². The summed E-state index contributed by atoms with van der Waals surface area (Å²) in [7, 11) is 0. The fraction of sp³-hybridized carbons (Fsp3) is 1.00. The molecule has 3 fully saturated rings. The van der Waals surface area contributed by atoms with Crippen molar-refractivity contribution >= 4 is 11.6 Å². The molecule has 1 spiro atoms. The predicted octanol–water partition coefficient (Wildman–Crippen LogP) is 2.57. The Kier molecular flexibility index (Phi) is 1.52. The highest BCUT2D eigenvalue weighted by Crippen LogP contribution is 2.64. The van der Waals surface area contributed by atoms with Crippen molar-refractivity contribution in [1.82, 2.24) is 0 Å². The average molecular weight is 187 g/mol. The van der Waals surface area contributed by atoms with E-state index in [0.29, 0.717) is 22.8 Å². The summed E-state index contributed by atoms with van der Waals surface area (Å²) in [5, 5.41) is 0.441. The molecular weight excluding hydrogens is 172 g/mol. The van der Waals surface area contributed by atoms with E-state index in [4.69, 9.17) is 16.3 Å². The van der Waals surface area contributed by atoms with Crippen LogP contribution in [0.4, 0.5) is 0 Å². The minimum atomic E-state index is 0.437. The Bertz CT molecular complexity index is 200. The van der Waals surface area contributed by atoms with Crippen LogP contribution in [0.2, 0.25) is 0 Å². The molecule has 0 aromatic carbocycles. The standard InChI is InChI=1S/C10H15ClO/c11-8-7-3-1-6-12-9(7)10(8)4-2-5-10/h7-9H,1-6H2/t7-,8+,9+/m0/s1. The third-order valence-corrected chi connectivity index (χ3v) is 4.90. The van der Waals surface area contributed by atoms with Crippen LogP contribution in [0.15, 0.2) is 0 Å². The Morgan fingerprint density at radius 2 is 2.08 bits per heavy atom. The summed E-state index contributed by atoms with van der Waals surface area (Å²) in [4.78, 5) is 0. The van der Waals surface area contributed by atoms with Gasteiger partial charge in [-0.15, -0.1) is 11.6 Å². The van der Waals surface area contributed by atoms with Crippen molar-refractivity contribution in [3.05, 3.63) is 0 Å². The van der Waals surface area contributed by atoms with E-state index in [1.807, 2.05) is 0 Å². The Morgan fingerprint density at radius 3 is 2.75 bits per heavy atom. The molecule has 1 saturated heterocycles. The number of hydrogen-bond acceptors (Lipinski definition) is 1. The van der Waals surface area contributed by atoms with Gasteiger partial charge in [-0.2, -0.15) is 0 Å². The van der Waals surface area contributed by atoms with Gasteiger partial charge in [0.25, 0.3) is 0 Å². The van der Waals surface area contributed by atoms with E-state index >= 15 is 0 Å². The smallest absolute Gasteiger partial charge is 0.0687 e. The molecule has 0 bridgehead atoms. The zero-order chi connectivity index (χ0) is 8.18. The van der Waals surface area contributed by atoms with Gasteiger partial charge in [-0.3, -0.25) is 0 Å². The molecule has 0 unspecified atom stereocenters. The molecule has 0 aromatic rings. The van der Waals surface area contributed by atoms with E-state index in [9.17, 15) is 0 Å². The van der Waals surface area contributed by atoms with Crippen molar-refractivity contribution in [2.24, 2.45) is 11.3 Å². The molecule has 2 heteroatoms. The van der Waals surface area contributed by atoms with Crippen LogP contribution in [-0.2, 0) is 4.74 Å². The van der Waals surface area contributed by atoms with Crippen LogP contribution in [-0.4, -0.2) is 18.1 Å². The van der Waals surface area contributed by atoms with Crippen LogP contribution in [0.5, 0.6) is 0 Å². The first-order chi connectivity index (χ1) is 5.84. The van der Waals surface area contributed by atoms with Gasteiger partial charge < -0.3 is 4.74 Å². The Hall–Kier alpha value is 0.250. The third-order valence-electron chi connectivity index (χ3n) is 4.14. The maximum absolute atomic E-state index is 6.40. The highest BCUT2D eigenvalue weighted by Gasteiger charge is 2.64. The molecule has 1 heterocycles. The van der Waals surface area contributed by atoms with Crippen LogP contribution in [0.3, 0.4) is 0 Å². The minimum absolute atomic E-state index is 0.437. The number of halogens is 1. The van der Waals surface area contributed by atoms with Crippen LogP contribution in [0.1, 0.15) is 32.1 Å². The molecule has 0 N–H and O–H groups in total. The highest BCUT2D eigenvalue weighted by atomic mass is 35.5. The fourth-order valence-corrected chi connectivity index (χ4v) is 3.91. The Balaban J connectivity index is 1.80. The van der Waals surface area contributed by atoms with Gasteiger partial charge in [0.2, 0.25) is 0 Å². The van der Waals surface area contributed by atoms with Crippen LogP contribution in [0.25, 0.3) is 0 Å². The number of alkyl halides is 1. The van der Waals surface area contributed by atoms with Crippen molar-refractivity contribution in [2.75, 3.05) is 6.61 Å². The maximum Gasteiger partial charge on any atom is 0.0687 e. The molecule has 2 aliphatic carbocycles. The predicted molar refractivity (Wildman–Crippen MR) is 48.4 cm³/mol. The van der Waals surface area contributed by atoms with Gasteiger partial charge in [0, 0.05) is 23.3 Å². The molecule has 1 nitrogen and oxygen atoms in total. The maximum atomic E-state index is 6.40. The van der Waals surface area contributed by atoms with Crippen LogP contribution in [0, 0.1) is 11.3 Å². The number of fused-ring (bicyclic) bond motifs is 2. The summed E-state index contributed by atoms with van der Waals surface area (Å²) in [6, 6.07) is 0. The second-order valence-corrected chi connectivity index (χ2v) is 5.06. The largest absolute Gasteiger partial charge is 0.377 e. The zero-order valence-corrected chi connectivity index (χ0v) is 8.02. The molecule has 3 aliphatic rings. The van der Waals surface area contributed by atoms with E-state index in [0.717, 1.165) is 6.61 Å². The molecule has 2 saturated carbocycles. The fourth-order valence-electron chi connectivity index (χ4n) is 3.31. The van der Waals surface area contributed by atoms with Crippen molar-refractivity contribution in [3.63, 3.8) is 0 Å². The second kappa shape index (κ2) is 2.39. The SMILES string of the molecule is Cl[C@@H]1[C@@H]2CCCO[C@H]2C12CCC2. The van der Waals surface area contributed by atoms with E-state index in [2.05, 4.69) is 0 Å². The molecule has 3 atom stereocenters. The molecule has 0 amide bonds. The topological polar surface area (TPSA) is 9.23 Å². The lowest BCUT2D eigenvalue weighted by molar-refractivity contribution is -0.210. The van der Waals surface area contributed by atoms with E-state index < -0.39 is 0 Å². The van der Waals surface area contributed by atoms with E-state index in [1.54, 1.807) is 0 Å². The van der Waals surface area contributed by atoms with Gasteiger partial charge in [-0.05, 0) is 25.7 Å². The third kappa shape index (κ3) is 0.706. The lowest BCUT2D eigenvalue weighted by atomic mass is 9.48. The summed E-state index contributed by atoms with van der Waals surface area (Å²) >= 11 is 6.40. The highest BCUT2D eigenvalue weighted by molar-refractivity contribution is 6.22. The van der Waals surface area contributed by atoms with Crippen molar-refractivity contribution in [2.45, 2.75) is 43.6 Å². The molecular formula is C10H15ClO. The van der Waals surface area contributed by atoms with Crippen LogP contribution >= 0.6 is 11.6 Å². The van der Waals surface area contributed by atoms with Gasteiger partial charge in [0.1, 0.15) is 0 Å². The second-order valence-electron chi connectivity index (χ2n) is 4.59. The van der Waals surface area contributed by atoms with Crippen LogP contribution < -0.4 is 0 Å². The average Bonchev–Trinajstić information content (AvgIpc) is 2.01. The molecule has 1 aliphatic heterocycles. The lowest BCUT2D eigenvalue weighted by Crippen LogP contribution is -2.67. The number of rotatable bonds is 0. The quantitative estimate of drug-likeness (QED) is 0.529. The monoisotopic (exact) mass is 186 g/mol. The number of ether oxygens (including phenoxy) is 1. The van der Waals surface area contributed by atoms with Gasteiger partial charge in [-0.1, -0.05) is 6.42 Å². The summed E-state index contributed by atoms with van der Waals surface area (Å²) in [6.45, 7) is 0.979. The van der Waals surface area contributed by atoms with Crippen molar-refractivity contribution in [1.29, 1.82) is 0 Å². The lowest BCUT2D eigenvalue weighted by Gasteiger charge is -2.65. The van der Waals surface area contributed by atoms with E-state index in [-0.39, 0.29) is 0 Å². The van der Waals surface area contributed by atoms with Gasteiger partial charge >= 0.3 is 0 Å². The van der Waals surface area contributed by atoms with Gasteiger partial charge in [-0.25, -0.2) is 0 Å². The van der Waals surface area contributed by atoms with Gasteiger partial charge in [0.05, 0.1) is 6.10 Å². The molecule has 3 rings (SSSR count). The molecule has 0 radical (unpaired) electrons. The van der Waals surface area contributed by atoms with Crippen molar-refractivity contribution in [3.8, 4) is 0 Å². The Labute approximate surface area is 78.4 Å². The number of hydrogen-bond donors (Lipinski definition) is 0. The zero-order valence-electron chi connectivity index (χ0n) is 7.26. The normalized spacial score (nSPS) is 49.2. The van der Waals surface area contributed by atoms with E-state index in [1.165, 1.54) is 32.1 Å². The first-order valence-corrected chi connectivity index (χ1v) is 5.54. The molecule has 0 aromatic heterocycles. The molecule has 68 valence electrons. The summed E-state index contributed by atoms with van der Waals surface area (Å²) < 4.78 is 5.82. The first-order valence-electron chi connectivity index (χ1n) is 5.10. The molecule has 12 heavy (non-hydrogen) atoms. The first kappa shape index (κ1) is 7.64. The summed E-state index contributed by atoms with van der Waals surface area (Å²) in [6.07, 6.45) is 7.09. The summed E-state index contributed by atoms with van der Waals surface area (Å²) in [5.41, 5.74) is 0.437. The minimum Gasteiger partial charge on any atom is -0.377 e.